The first-order valence-electron chi connectivity index (χ1n) is 3.00. The van der Waals surface area contributed by atoms with Gasteiger partial charge in [-0.05, 0) is 6.92 Å². The first kappa shape index (κ1) is 12.6. The van der Waals surface area contributed by atoms with Crippen LogP contribution in [0, 0.1) is 0 Å². The third kappa shape index (κ3) is 50.4. The van der Waals surface area contributed by atoms with Gasteiger partial charge in [0.1, 0.15) is 0 Å². The number of carboxylic acid groups (broad SMARTS) is 1. The lowest BCUT2D eigenvalue weighted by molar-refractivity contribution is -0.267. The van der Waals surface area contributed by atoms with Crippen molar-refractivity contribution in [3.63, 3.8) is 0 Å². The number of rotatable bonds is 2. The molecule has 0 aliphatic carbocycles. The van der Waals surface area contributed by atoms with Crippen molar-refractivity contribution >= 4 is 11.9 Å². The maximum Gasteiger partial charge on any atom is 0.339 e. The Kier molecular flexibility index (Phi) is 10.2. The van der Waals surface area contributed by atoms with Crippen molar-refractivity contribution in [1.82, 2.24) is 0 Å². The lowest BCUT2D eigenvalue weighted by atomic mass is 10.8. The van der Waals surface area contributed by atoms with Crippen LogP contribution in [0.25, 0.3) is 0 Å². The molecule has 0 aliphatic heterocycles. The molecule has 5 heteroatoms. The molecule has 0 saturated heterocycles. The minimum atomic E-state index is -0.833. The van der Waals surface area contributed by atoms with Crippen LogP contribution < -0.4 is 0 Å². The van der Waals surface area contributed by atoms with Gasteiger partial charge in [-0.25, -0.2) is 4.79 Å². The maximum absolute atomic E-state index is 9.86. The number of carbonyl (C=O) groups is 2. The highest BCUT2D eigenvalue weighted by Gasteiger charge is 1.86. The van der Waals surface area contributed by atoms with Crippen molar-refractivity contribution < 1.29 is 24.5 Å². The van der Waals surface area contributed by atoms with Gasteiger partial charge >= 0.3 is 5.97 Å². The summed E-state index contributed by atoms with van der Waals surface area (Å²) in [4.78, 5) is 27.2. The highest BCUT2D eigenvalue weighted by atomic mass is 17.2. The van der Waals surface area contributed by atoms with E-state index < -0.39 is 11.9 Å². The van der Waals surface area contributed by atoms with Crippen LogP contribution in [0.5, 0.6) is 0 Å². The highest BCUT2D eigenvalue weighted by Crippen LogP contribution is 1.75. The fraction of sp³-hybridized carbons (Fsp3) is 0.667. The van der Waals surface area contributed by atoms with Gasteiger partial charge in [0.05, 0.1) is 6.61 Å². The molecule has 0 radical (unpaired) electrons. The number of carbonyl (C=O) groups excluding carboxylic acids is 1. The molecule has 0 aliphatic rings. The summed E-state index contributed by atoms with van der Waals surface area (Å²) in [5, 5.41) is 7.42. The minimum Gasteiger partial charge on any atom is -0.481 e. The Morgan fingerprint density at radius 1 is 1.36 bits per heavy atom. The predicted molar refractivity (Wildman–Crippen MR) is 36.7 cm³/mol. The zero-order valence-corrected chi connectivity index (χ0v) is 6.79. The Morgan fingerprint density at radius 2 is 1.73 bits per heavy atom. The summed E-state index contributed by atoms with van der Waals surface area (Å²) in [5.74, 6) is -1.25. The van der Waals surface area contributed by atoms with Gasteiger partial charge < -0.3 is 5.11 Å². The summed E-state index contributed by atoms with van der Waals surface area (Å²) < 4.78 is 0. The van der Waals surface area contributed by atoms with Crippen LogP contribution in [-0.4, -0.2) is 23.7 Å². The summed E-state index contributed by atoms with van der Waals surface area (Å²) in [6.07, 6.45) is 0. The van der Waals surface area contributed by atoms with Crippen LogP contribution in [0.4, 0.5) is 0 Å². The Balaban J connectivity index is 0. The second-order valence-electron chi connectivity index (χ2n) is 1.50. The predicted octanol–water partition coefficient (Wildman–Crippen LogP) is 0.592. The van der Waals surface area contributed by atoms with Gasteiger partial charge in [0.25, 0.3) is 5.97 Å². The fourth-order valence-corrected chi connectivity index (χ4v) is 0.142. The van der Waals surface area contributed by atoms with E-state index >= 15 is 0 Å². The van der Waals surface area contributed by atoms with Gasteiger partial charge in [-0.15, -0.1) is 0 Å². The number of aliphatic carboxylic acids is 1. The summed E-state index contributed by atoms with van der Waals surface area (Å²) in [5.41, 5.74) is 0. The Labute approximate surface area is 64.8 Å². The van der Waals surface area contributed by atoms with Gasteiger partial charge in [-0.1, -0.05) is 0 Å². The molecule has 1 N–H and O–H groups in total. The van der Waals surface area contributed by atoms with Crippen molar-refractivity contribution in [3.05, 3.63) is 0 Å². The van der Waals surface area contributed by atoms with E-state index in [1.54, 1.807) is 6.92 Å². The third-order valence-corrected chi connectivity index (χ3v) is 0.294. The van der Waals surface area contributed by atoms with Gasteiger partial charge in [0.15, 0.2) is 0 Å². The molecule has 0 fully saturated rings. The molecule has 66 valence electrons. The summed E-state index contributed by atoms with van der Waals surface area (Å²) in [6, 6.07) is 0. The Bertz CT molecular complexity index is 116. The summed E-state index contributed by atoms with van der Waals surface area (Å²) in [6.45, 7) is 4.51. The highest BCUT2D eigenvalue weighted by molar-refractivity contribution is 5.65. The van der Waals surface area contributed by atoms with Gasteiger partial charge in [0.2, 0.25) is 0 Å². The van der Waals surface area contributed by atoms with E-state index in [9.17, 15) is 4.79 Å². The molecule has 0 heterocycles. The van der Waals surface area contributed by atoms with Crippen LogP contribution in [-0.2, 0) is 19.4 Å². The van der Waals surface area contributed by atoms with Crippen LogP contribution in [0.1, 0.15) is 20.8 Å². The second kappa shape index (κ2) is 8.90. The van der Waals surface area contributed by atoms with Crippen LogP contribution in [0.3, 0.4) is 0 Å². The zero-order valence-electron chi connectivity index (χ0n) is 6.79. The fourth-order valence-electron chi connectivity index (χ4n) is 0.142. The van der Waals surface area contributed by atoms with E-state index in [1.807, 2.05) is 0 Å². The molecule has 0 rings (SSSR count). The van der Waals surface area contributed by atoms with Crippen molar-refractivity contribution in [2.45, 2.75) is 20.8 Å². The van der Waals surface area contributed by atoms with E-state index in [4.69, 9.17) is 9.90 Å². The van der Waals surface area contributed by atoms with Crippen molar-refractivity contribution in [2.75, 3.05) is 6.61 Å². The maximum atomic E-state index is 9.86. The SMILES string of the molecule is CC(=O)O.CCOOC(C)=O. The molecule has 0 atom stereocenters. The first-order chi connectivity index (χ1) is 5.00. The molecule has 0 unspecified atom stereocenters. The molecular formula is C6H12O5. The number of carboxylic acids is 1. The minimum absolute atomic E-state index is 0.402. The smallest absolute Gasteiger partial charge is 0.339 e. The van der Waals surface area contributed by atoms with E-state index in [-0.39, 0.29) is 0 Å². The van der Waals surface area contributed by atoms with E-state index in [1.165, 1.54) is 6.92 Å². The van der Waals surface area contributed by atoms with E-state index in [0.29, 0.717) is 6.61 Å². The number of hydrogen-bond donors (Lipinski definition) is 1. The van der Waals surface area contributed by atoms with Crippen molar-refractivity contribution in [3.8, 4) is 0 Å². The van der Waals surface area contributed by atoms with Gasteiger partial charge in [-0.2, -0.15) is 4.89 Å². The molecule has 0 saturated carbocycles. The lowest BCUT2D eigenvalue weighted by Crippen LogP contribution is -1.98. The average Bonchev–Trinajstić information content (AvgIpc) is 1.82. The van der Waals surface area contributed by atoms with Crippen LogP contribution in [0.15, 0.2) is 0 Å². The molecule has 0 aromatic carbocycles. The average molecular weight is 164 g/mol. The number of hydrogen-bond acceptors (Lipinski definition) is 4. The molecule has 0 aromatic rings. The zero-order chi connectivity index (χ0) is 9.28. The first-order valence-corrected chi connectivity index (χ1v) is 3.00. The van der Waals surface area contributed by atoms with Crippen molar-refractivity contribution in [1.29, 1.82) is 0 Å². The Hall–Kier alpha value is -1.10. The molecule has 0 amide bonds. The van der Waals surface area contributed by atoms with Gasteiger partial charge in [-0.3, -0.25) is 9.68 Å². The molecule has 11 heavy (non-hydrogen) atoms. The molecule has 5 nitrogen and oxygen atoms in total. The summed E-state index contributed by atoms with van der Waals surface area (Å²) >= 11 is 0. The second-order valence-corrected chi connectivity index (χ2v) is 1.50. The van der Waals surface area contributed by atoms with Crippen LogP contribution in [0.2, 0.25) is 0 Å². The topological polar surface area (TPSA) is 72.8 Å². The lowest BCUT2D eigenvalue weighted by Gasteiger charge is -1.92. The largest absolute Gasteiger partial charge is 0.481 e. The standard InChI is InChI=1S/C4H8O3.C2H4O2/c1-3-6-7-4(2)5;1-2(3)4/h3H2,1-2H3;1H3,(H,3,4). The Morgan fingerprint density at radius 3 is 1.82 bits per heavy atom. The van der Waals surface area contributed by atoms with Crippen molar-refractivity contribution in [2.24, 2.45) is 0 Å². The third-order valence-electron chi connectivity index (χ3n) is 0.294. The van der Waals surface area contributed by atoms with E-state index in [0.717, 1.165) is 6.92 Å². The molecule has 0 spiro atoms. The summed E-state index contributed by atoms with van der Waals surface area (Å²) in [7, 11) is 0. The monoisotopic (exact) mass is 164 g/mol. The van der Waals surface area contributed by atoms with Gasteiger partial charge in [0, 0.05) is 13.8 Å². The molecule has 0 aromatic heterocycles. The molecule has 0 bridgehead atoms. The normalized spacial score (nSPS) is 7.55. The quantitative estimate of drug-likeness (QED) is 0.477. The van der Waals surface area contributed by atoms with Crippen LogP contribution >= 0.6 is 0 Å². The van der Waals surface area contributed by atoms with E-state index in [2.05, 4.69) is 9.78 Å². The molecular weight excluding hydrogens is 152 g/mol.